The number of amides is 1. The SMILES string of the molecule is Cc1ccc(S(=O)(=O)NC(C)(C)C)cc1C(=O)NCCSc1ccccc1. The van der Waals surface area contributed by atoms with Gasteiger partial charge in [0.15, 0.2) is 0 Å². The summed E-state index contributed by atoms with van der Waals surface area (Å²) in [5.74, 6) is 0.465. The number of hydrogen-bond acceptors (Lipinski definition) is 4. The lowest BCUT2D eigenvalue weighted by Crippen LogP contribution is -2.40. The Kier molecular flexibility index (Phi) is 7.08. The van der Waals surface area contributed by atoms with Crippen LogP contribution >= 0.6 is 11.8 Å². The Morgan fingerprint density at radius 3 is 2.37 bits per heavy atom. The predicted molar refractivity (Wildman–Crippen MR) is 111 cm³/mol. The summed E-state index contributed by atoms with van der Waals surface area (Å²) < 4.78 is 27.6. The number of aryl methyl sites for hydroxylation is 1. The number of benzene rings is 2. The topological polar surface area (TPSA) is 75.3 Å². The van der Waals surface area contributed by atoms with Gasteiger partial charge >= 0.3 is 0 Å². The minimum absolute atomic E-state index is 0.0897. The van der Waals surface area contributed by atoms with E-state index >= 15 is 0 Å². The Labute approximate surface area is 166 Å². The highest BCUT2D eigenvalue weighted by Gasteiger charge is 2.23. The number of rotatable bonds is 7. The first-order valence-electron chi connectivity index (χ1n) is 8.69. The van der Waals surface area contributed by atoms with Gasteiger partial charge < -0.3 is 5.32 Å². The molecular formula is C20H26N2O3S2. The minimum atomic E-state index is -3.69. The summed E-state index contributed by atoms with van der Waals surface area (Å²) in [6.07, 6.45) is 0. The summed E-state index contributed by atoms with van der Waals surface area (Å²) in [6, 6.07) is 14.6. The molecule has 0 atom stereocenters. The quantitative estimate of drug-likeness (QED) is 0.544. The van der Waals surface area contributed by atoms with E-state index in [9.17, 15) is 13.2 Å². The fraction of sp³-hybridized carbons (Fsp3) is 0.350. The number of hydrogen-bond donors (Lipinski definition) is 2. The Bertz CT molecular complexity index is 889. The molecular weight excluding hydrogens is 380 g/mol. The maximum atomic E-state index is 12.5. The molecule has 27 heavy (non-hydrogen) atoms. The van der Waals surface area contributed by atoms with Crippen molar-refractivity contribution in [3.8, 4) is 0 Å². The van der Waals surface area contributed by atoms with Crippen LogP contribution in [-0.2, 0) is 10.0 Å². The van der Waals surface area contributed by atoms with Gasteiger partial charge in [-0.2, -0.15) is 0 Å². The van der Waals surface area contributed by atoms with Gasteiger partial charge in [0, 0.05) is 28.3 Å². The molecule has 0 aliphatic heterocycles. The second-order valence-electron chi connectivity index (χ2n) is 7.25. The van der Waals surface area contributed by atoms with Crippen molar-refractivity contribution in [1.29, 1.82) is 0 Å². The van der Waals surface area contributed by atoms with Crippen molar-refractivity contribution in [2.45, 2.75) is 43.0 Å². The van der Waals surface area contributed by atoms with Gasteiger partial charge in [0.25, 0.3) is 5.91 Å². The standard InChI is InChI=1S/C20H26N2O3S2/c1-15-10-11-17(27(24,25)22-20(2,3)4)14-18(15)19(23)21-12-13-26-16-8-6-5-7-9-16/h5-11,14,22H,12-13H2,1-4H3,(H,21,23). The summed E-state index contributed by atoms with van der Waals surface area (Å²) >= 11 is 1.65. The van der Waals surface area contributed by atoms with Crippen LogP contribution in [0.2, 0.25) is 0 Å². The molecule has 2 aromatic rings. The maximum absolute atomic E-state index is 12.5. The monoisotopic (exact) mass is 406 g/mol. The van der Waals surface area contributed by atoms with Crippen LogP contribution in [0.4, 0.5) is 0 Å². The van der Waals surface area contributed by atoms with E-state index in [0.717, 1.165) is 16.2 Å². The van der Waals surface area contributed by atoms with E-state index in [0.29, 0.717) is 12.1 Å². The molecule has 0 aromatic heterocycles. The van der Waals surface area contributed by atoms with Crippen LogP contribution in [0.15, 0.2) is 58.3 Å². The molecule has 0 unspecified atom stereocenters. The van der Waals surface area contributed by atoms with Crippen molar-refractivity contribution in [1.82, 2.24) is 10.0 Å². The highest BCUT2D eigenvalue weighted by molar-refractivity contribution is 7.99. The fourth-order valence-electron chi connectivity index (χ4n) is 2.42. The average Bonchev–Trinajstić information content (AvgIpc) is 2.57. The number of sulfonamides is 1. The predicted octanol–water partition coefficient (Wildman–Crippen LogP) is 3.59. The molecule has 2 rings (SSSR count). The highest BCUT2D eigenvalue weighted by Crippen LogP contribution is 2.18. The molecule has 0 bridgehead atoms. The molecule has 0 saturated carbocycles. The Morgan fingerprint density at radius 2 is 1.74 bits per heavy atom. The number of nitrogens with one attached hydrogen (secondary N) is 2. The van der Waals surface area contributed by atoms with Crippen LogP contribution in [-0.4, -0.2) is 32.2 Å². The highest BCUT2D eigenvalue weighted by atomic mass is 32.2. The molecule has 0 saturated heterocycles. The van der Waals surface area contributed by atoms with Crippen molar-refractivity contribution in [2.24, 2.45) is 0 Å². The lowest BCUT2D eigenvalue weighted by Gasteiger charge is -2.20. The van der Waals surface area contributed by atoms with Crippen LogP contribution in [0.25, 0.3) is 0 Å². The van der Waals surface area contributed by atoms with Crippen LogP contribution in [0.5, 0.6) is 0 Å². The molecule has 1 amide bonds. The first-order valence-corrected chi connectivity index (χ1v) is 11.2. The molecule has 7 heteroatoms. The molecule has 0 aliphatic carbocycles. The Morgan fingerprint density at radius 1 is 1.07 bits per heavy atom. The maximum Gasteiger partial charge on any atom is 0.251 e. The van der Waals surface area contributed by atoms with Gasteiger partial charge in [0.1, 0.15) is 0 Å². The van der Waals surface area contributed by atoms with Gasteiger partial charge in [0.2, 0.25) is 10.0 Å². The Hall–Kier alpha value is -1.83. The van der Waals surface area contributed by atoms with Crippen LogP contribution < -0.4 is 10.0 Å². The molecule has 0 aliphatic rings. The van der Waals surface area contributed by atoms with Crippen molar-refractivity contribution < 1.29 is 13.2 Å². The number of thioether (sulfide) groups is 1. The van der Waals surface area contributed by atoms with E-state index in [2.05, 4.69) is 10.0 Å². The van der Waals surface area contributed by atoms with E-state index in [-0.39, 0.29) is 10.8 Å². The summed E-state index contributed by atoms with van der Waals surface area (Å²) in [6.45, 7) is 7.61. The second-order valence-corrected chi connectivity index (χ2v) is 10.1. The van der Waals surface area contributed by atoms with Gasteiger partial charge in [-0.3, -0.25) is 4.79 Å². The van der Waals surface area contributed by atoms with Crippen molar-refractivity contribution in [2.75, 3.05) is 12.3 Å². The zero-order valence-corrected chi connectivity index (χ0v) is 17.7. The van der Waals surface area contributed by atoms with Crippen molar-refractivity contribution in [3.63, 3.8) is 0 Å². The summed E-state index contributed by atoms with van der Waals surface area (Å²) in [5, 5.41) is 2.86. The third-order valence-electron chi connectivity index (χ3n) is 3.60. The van der Waals surface area contributed by atoms with E-state index in [1.54, 1.807) is 45.5 Å². The fourth-order valence-corrected chi connectivity index (χ4v) is 4.65. The summed E-state index contributed by atoms with van der Waals surface area (Å²) in [7, 11) is -3.69. The van der Waals surface area contributed by atoms with Gasteiger partial charge in [-0.15, -0.1) is 11.8 Å². The molecule has 0 heterocycles. The summed E-state index contributed by atoms with van der Waals surface area (Å²) in [4.78, 5) is 13.7. The van der Waals surface area contributed by atoms with Crippen LogP contribution in [0, 0.1) is 6.92 Å². The molecule has 2 aromatic carbocycles. The first kappa shape index (κ1) is 21.5. The number of carbonyl (C=O) groups is 1. The van der Waals surface area contributed by atoms with E-state index in [4.69, 9.17) is 0 Å². The third kappa shape index (κ3) is 6.68. The van der Waals surface area contributed by atoms with Gasteiger partial charge in [-0.05, 0) is 57.5 Å². The lowest BCUT2D eigenvalue weighted by molar-refractivity contribution is 0.0955. The molecule has 0 radical (unpaired) electrons. The molecule has 0 fully saturated rings. The van der Waals surface area contributed by atoms with Gasteiger partial charge in [-0.25, -0.2) is 13.1 Å². The Balaban J connectivity index is 2.03. The largest absolute Gasteiger partial charge is 0.351 e. The average molecular weight is 407 g/mol. The van der Waals surface area contributed by atoms with Crippen LogP contribution in [0.1, 0.15) is 36.7 Å². The lowest BCUT2D eigenvalue weighted by atomic mass is 10.1. The van der Waals surface area contributed by atoms with Gasteiger partial charge in [-0.1, -0.05) is 24.3 Å². The van der Waals surface area contributed by atoms with E-state index < -0.39 is 15.6 Å². The zero-order chi connectivity index (χ0) is 20.1. The molecule has 0 spiro atoms. The normalized spacial score (nSPS) is 12.0. The molecule has 5 nitrogen and oxygen atoms in total. The van der Waals surface area contributed by atoms with Crippen LogP contribution in [0.3, 0.4) is 0 Å². The second kappa shape index (κ2) is 8.91. The zero-order valence-electron chi connectivity index (χ0n) is 16.1. The minimum Gasteiger partial charge on any atom is -0.351 e. The molecule has 2 N–H and O–H groups in total. The van der Waals surface area contributed by atoms with E-state index in [1.165, 1.54) is 12.1 Å². The first-order chi connectivity index (χ1) is 12.6. The van der Waals surface area contributed by atoms with Crippen molar-refractivity contribution in [3.05, 3.63) is 59.7 Å². The summed E-state index contributed by atoms with van der Waals surface area (Å²) in [5.41, 5.74) is 0.510. The van der Waals surface area contributed by atoms with E-state index in [1.807, 2.05) is 30.3 Å². The smallest absolute Gasteiger partial charge is 0.251 e. The van der Waals surface area contributed by atoms with Crippen molar-refractivity contribution >= 4 is 27.7 Å². The van der Waals surface area contributed by atoms with Gasteiger partial charge in [0.05, 0.1) is 4.90 Å². The number of carbonyl (C=O) groups excluding carboxylic acids is 1. The molecule has 146 valence electrons. The third-order valence-corrected chi connectivity index (χ3v) is 6.37.